The molecule has 98 valence electrons. The van der Waals surface area contributed by atoms with Crippen LogP contribution in [0.5, 0.6) is 5.75 Å². The second-order valence-electron chi connectivity index (χ2n) is 5.18. The van der Waals surface area contributed by atoms with E-state index in [0.717, 1.165) is 44.8 Å². The van der Waals surface area contributed by atoms with Crippen molar-refractivity contribution in [2.24, 2.45) is 5.92 Å². The molecule has 2 aliphatic heterocycles. The monoisotopic (exact) mass is 247 g/mol. The molecule has 0 aromatic heterocycles. The van der Waals surface area contributed by atoms with Gasteiger partial charge in [-0.3, -0.25) is 0 Å². The largest absolute Gasteiger partial charge is 0.493 e. The minimum atomic E-state index is 0.348. The lowest BCUT2D eigenvalue weighted by Gasteiger charge is -2.28. The zero-order chi connectivity index (χ0) is 12.4. The Morgan fingerprint density at radius 1 is 1.33 bits per heavy atom. The first-order valence-electron chi connectivity index (χ1n) is 6.89. The third-order valence-electron chi connectivity index (χ3n) is 4.05. The molecule has 0 saturated carbocycles. The summed E-state index contributed by atoms with van der Waals surface area (Å²) in [5.41, 5.74) is 2.67. The van der Waals surface area contributed by atoms with Crippen LogP contribution in [0.15, 0.2) is 18.2 Å². The second kappa shape index (κ2) is 5.29. The summed E-state index contributed by atoms with van der Waals surface area (Å²) in [6, 6.07) is 6.89. The van der Waals surface area contributed by atoms with Crippen LogP contribution < -0.4 is 10.1 Å². The molecule has 0 spiro atoms. The molecule has 2 heterocycles. The third-order valence-corrected chi connectivity index (χ3v) is 4.05. The van der Waals surface area contributed by atoms with Crippen LogP contribution in [-0.2, 0) is 11.2 Å². The van der Waals surface area contributed by atoms with Crippen LogP contribution in [0.25, 0.3) is 0 Å². The van der Waals surface area contributed by atoms with Crippen molar-refractivity contribution in [3.05, 3.63) is 29.3 Å². The van der Waals surface area contributed by atoms with E-state index in [1.165, 1.54) is 11.1 Å². The fraction of sp³-hybridized carbons (Fsp3) is 0.600. The number of benzene rings is 1. The Hall–Kier alpha value is -1.06. The first kappa shape index (κ1) is 12.0. The van der Waals surface area contributed by atoms with Crippen molar-refractivity contribution in [3.8, 4) is 5.75 Å². The van der Waals surface area contributed by atoms with Gasteiger partial charge in [-0.1, -0.05) is 18.2 Å². The van der Waals surface area contributed by atoms with Gasteiger partial charge in [0, 0.05) is 24.1 Å². The van der Waals surface area contributed by atoms with E-state index < -0.39 is 0 Å². The van der Waals surface area contributed by atoms with Crippen LogP contribution in [-0.4, -0.2) is 26.9 Å². The van der Waals surface area contributed by atoms with Crippen LogP contribution >= 0.6 is 0 Å². The SMILES string of the molecule is CNC(c1cccc2c1OCCC2)C1CCOC1. The summed E-state index contributed by atoms with van der Waals surface area (Å²) in [6.45, 7) is 2.59. The Kier molecular flexibility index (Phi) is 3.52. The molecule has 3 heteroatoms. The maximum Gasteiger partial charge on any atom is 0.127 e. The number of aryl methyl sites for hydroxylation is 1. The summed E-state index contributed by atoms with van der Waals surface area (Å²) in [5.74, 6) is 1.68. The summed E-state index contributed by atoms with van der Waals surface area (Å²) >= 11 is 0. The number of fused-ring (bicyclic) bond motifs is 1. The molecule has 2 aliphatic rings. The van der Waals surface area contributed by atoms with Crippen LogP contribution in [0, 0.1) is 5.92 Å². The van der Waals surface area contributed by atoms with Crippen molar-refractivity contribution in [3.63, 3.8) is 0 Å². The van der Waals surface area contributed by atoms with Crippen LogP contribution in [0.1, 0.15) is 30.0 Å². The first-order valence-corrected chi connectivity index (χ1v) is 6.89. The van der Waals surface area contributed by atoms with Gasteiger partial charge < -0.3 is 14.8 Å². The molecule has 1 fully saturated rings. The first-order chi connectivity index (χ1) is 8.90. The maximum atomic E-state index is 5.92. The lowest BCUT2D eigenvalue weighted by molar-refractivity contribution is 0.177. The molecule has 1 aromatic rings. The number of hydrogen-bond acceptors (Lipinski definition) is 3. The number of ether oxygens (including phenoxy) is 2. The molecule has 0 radical (unpaired) electrons. The number of nitrogens with one attached hydrogen (secondary N) is 1. The molecule has 1 N–H and O–H groups in total. The van der Waals surface area contributed by atoms with E-state index >= 15 is 0 Å². The summed E-state index contributed by atoms with van der Waals surface area (Å²) in [5, 5.41) is 3.45. The highest BCUT2D eigenvalue weighted by Crippen LogP contribution is 2.37. The van der Waals surface area contributed by atoms with Gasteiger partial charge in [0.05, 0.1) is 13.2 Å². The molecular weight excluding hydrogens is 226 g/mol. The molecule has 1 aromatic carbocycles. The van der Waals surface area contributed by atoms with Crippen LogP contribution in [0.3, 0.4) is 0 Å². The molecule has 0 bridgehead atoms. The van der Waals surface area contributed by atoms with Gasteiger partial charge in [0.1, 0.15) is 5.75 Å². The molecule has 0 amide bonds. The highest BCUT2D eigenvalue weighted by molar-refractivity contribution is 5.44. The molecule has 3 nitrogen and oxygen atoms in total. The van der Waals surface area contributed by atoms with E-state index in [9.17, 15) is 0 Å². The van der Waals surface area contributed by atoms with Crippen LogP contribution in [0.4, 0.5) is 0 Å². The Morgan fingerprint density at radius 2 is 2.28 bits per heavy atom. The fourth-order valence-electron chi connectivity index (χ4n) is 3.12. The third kappa shape index (κ3) is 2.13. The Balaban J connectivity index is 1.93. The number of para-hydroxylation sites is 1. The van der Waals surface area contributed by atoms with E-state index in [0.29, 0.717) is 12.0 Å². The minimum Gasteiger partial charge on any atom is -0.493 e. The zero-order valence-corrected chi connectivity index (χ0v) is 10.9. The fourth-order valence-corrected chi connectivity index (χ4v) is 3.12. The molecule has 3 rings (SSSR count). The predicted molar refractivity (Wildman–Crippen MR) is 71.0 cm³/mol. The van der Waals surface area contributed by atoms with Gasteiger partial charge in [-0.15, -0.1) is 0 Å². The van der Waals surface area contributed by atoms with Crippen molar-refractivity contribution in [1.29, 1.82) is 0 Å². The van der Waals surface area contributed by atoms with Gasteiger partial charge in [0.15, 0.2) is 0 Å². The van der Waals surface area contributed by atoms with E-state index in [1.54, 1.807) is 0 Å². The van der Waals surface area contributed by atoms with Crippen molar-refractivity contribution < 1.29 is 9.47 Å². The Morgan fingerprint density at radius 3 is 3.06 bits per heavy atom. The van der Waals surface area contributed by atoms with Crippen molar-refractivity contribution >= 4 is 0 Å². The molecule has 18 heavy (non-hydrogen) atoms. The highest BCUT2D eigenvalue weighted by Gasteiger charge is 2.29. The quantitative estimate of drug-likeness (QED) is 0.889. The van der Waals surface area contributed by atoms with Crippen molar-refractivity contribution in [2.75, 3.05) is 26.9 Å². The summed E-state index contributed by atoms with van der Waals surface area (Å²) < 4.78 is 11.4. The molecular formula is C15H21NO2. The lowest BCUT2D eigenvalue weighted by atomic mass is 9.89. The van der Waals surface area contributed by atoms with E-state index in [-0.39, 0.29) is 0 Å². The van der Waals surface area contributed by atoms with Crippen molar-refractivity contribution in [2.45, 2.75) is 25.3 Å². The number of hydrogen-bond donors (Lipinski definition) is 1. The van der Waals surface area contributed by atoms with Gasteiger partial charge in [0.25, 0.3) is 0 Å². The Bertz CT molecular complexity index is 413. The predicted octanol–water partition coefficient (Wildman–Crippen LogP) is 2.31. The van der Waals surface area contributed by atoms with Crippen molar-refractivity contribution in [1.82, 2.24) is 5.32 Å². The lowest BCUT2D eigenvalue weighted by Crippen LogP contribution is -2.27. The van der Waals surface area contributed by atoms with Gasteiger partial charge in [-0.05, 0) is 31.9 Å². The highest BCUT2D eigenvalue weighted by atomic mass is 16.5. The smallest absolute Gasteiger partial charge is 0.127 e. The summed E-state index contributed by atoms with van der Waals surface area (Å²) in [7, 11) is 2.03. The van der Waals surface area contributed by atoms with Gasteiger partial charge >= 0.3 is 0 Å². The topological polar surface area (TPSA) is 30.5 Å². The van der Waals surface area contributed by atoms with E-state index in [4.69, 9.17) is 9.47 Å². The van der Waals surface area contributed by atoms with Gasteiger partial charge in [-0.2, -0.15) is 0 Å². The maximum absolute atomic E-state index is 5.92. The van der Waals surface area contributed by atoms with E-state index in [1.807, 2.05) is 7.05 Å². The average molecular weight is 247 g/mol. The molecule has 2 atom stereocenters. The minimum absolute atomic E-state index is 0.348. The second-order valence-corrected chi connectivity index (χ2v) is 5.18. The van der Waals surface area contributed by atoms with Gasteiger partial charge in [0.2, 0.25) is 0 Å². The standard InChI is InChI=1S/C15H21NO2/c1-16-14(12-7-9-17-10-12)13-6-2-4-11-5-3-8-18-15(11)13/h2,4,6,12,14,16H,3,5,7-10H2,1H3. The summed E-state index contributed by atoms with van der Waals surface area (Å²) in [4.78, 5) is 0. The summed E-state index contributed by atoms with van der Waals surface area (Å²) in [6.07, 6.45) is 3.41. The van der Waals surface area contributed by atoms with Gasteiger partial charge in [-0.25, -0.2) is 0 Å². The van der Waals surface area contributed by atoms with E-state index in [2.05, 4.69) is 23.5 Å². The Labute approximate surface area is 108 Å². The zero-order valence-electron chi connectivity index (χ0n) is 10.9. The van der Waals surface area contributed by atoms with Crippen LogP contribution in [0.2, 0.25) is 0 Å². The average Bonchev–Trinajstić information content (AvgIpc) is 2.94. The molecule has 0 aliphatic carbocycles. The molecule has 2 unspecified atom stereocenters. The molecule has 1 saturated heterocycles. The normalized spacial score (nSPS) is 24.4. The number of rotatable bonds is 3.